The number of ether oxygens (including phenoxy) is 1. The van der Waals surface area contributed by atoms with Crippen molar-refractivity contribution in [1.82, 2.24) is 0 Å². The van der Waals surface area contributed by atoms with Gasteiger partial charge in [-0.25, -0.2) is 4.79 Å². The van der Waals surface area contributed by atoms with Crippen LogP contribution in [0.4, 0.5) is 5.69 Å². The van der Waals surface area contributed by atoms with E-state index in [2.05, 4.69) is 0 Å². The van der Waals surface area contributed by atoms with Gasteiger partial charge in [0.05, 0.1) is 15.5 Å². The van der Waals surface area contributed by atoms with Crippen molar-refractivity contribution in [2.45, 2.75) is 0 Å². The number of hydrogen-bond acceptors (Lipinski definition) is 4. The normalized spacial score (nSPS) is 10.3. The van der Waals surface area contributed by atoms with Crippen LogP contribution in [0.5, 0.6) is 5.75 Å². The van der Waals surface area contributed by atoms with Gasteiger partial charge in [0, 0.05) is 12.1 Å². The fraction of sp³-hybridized carbons (Fsp3) is 0. The van der Waals surface area contributed by atoms with Gasteiger partial charge in [0.2, 0.25) is 0 Å². The summed E-state index contributed by atoms with van der Waals surface area (Å²) in [6.45, 7) is 0. The monoisotopic (exact) mass is 353 g/mol. The van der Waals surface area contributed by atoms with Gasteiger partial charge < -0.3 is 4.74 Å². The van der Waals surface area contributed by atoms with E-state index < -0.39 is 10.9 Å². The lowest BCUT2D eigenvalue weighted by atomic mass is 10.1. The lowest BCUT2D eigenvalue weighted by Gasteiger charge is -2.07. The first-order valence-electron chi connectivity index (χ1n) is 7.36. The van der Waals surface area contributed by atoms with Crippen molar-refractivity contribution in [2.24, 2.45) is 0 Å². The summed E-state index contributed by atoms with van der Waals surface area (Å²) in [7, 11) is 0. The zero-order valence-corrected chi connectivity index (χ0v) is 13.6. The molecule has 0 heterocycles. The first kappa shape index (κ1) is 16.7. The number of halogens is 1. The number of non-ortho nitro benzene ring substituents is 1. The Kier molecular flexibility index (Phi) is 4.77. The predicted octanol–water partition coefficient (Wildman–Crippen LogP) is 5.13. The molecule has 0 fully saturated rings. The Balaban J connectivity index is 1.76. The minimum absolute atomic E-state index is 0.0277. The van der Waals surface area contributed by atoms with Crippen molar-refractivity contribution in [1.29, 1.82) is 0 Å². The smallest absolute Gasteiger partial charge is 0.345 e. The molecule has 0 aliphatic rings. The maximum atomic E-state index is 12.2. The standard InChI is InChI=1S/C19H12ClNO4/c20-18-12-15(21(23)24)8-11-17(18)19(22)25-16-9-6-14(7-10-16)13-4-2-1-3-5-13/h1-12H. The Hall–Kier alpha value is -3.18. The topological polar surface area (TPSA) is 69.4 Å². The van der Waals surface area contributed by atoms with E-state index in [-0.39, 0.29) is 16.3 Å². The van der Waals surface area contributed by atoms with Crippen LogP contribution in [0.1, 0.15) is 10.4 Å². The van der Waals surface area contributed by atoms with Crippen LogP contribution in [0, 0.1) is 10.1 Å². The molecule has 25 heavy (non-hydrogen) atoms. The van der Waals surface area contributed by atoms with E-state index in [0.717, 1.165) is 17.2 Å². The van der Waals surface area contributed by atoms with Crippen LogP contribution < -0.4 is 4.74 Å². The highest BCUT2D eigenvalue weighted by molar-refractivity contribution is 6.33. The third-order valence-electron chi connectivity index (χ3n) is 3.56. The van der Waals surface area contributed by atoms with Gasteiger partial charge in [-0.1, -0.05) is 54.1 Å². The molecule has 0 bridgehead atoms. The molecule has 0 aliphatic carbocycles. The van der Waals surface area contributed by atoms with Gasteiger partial charge in [0.25, 0.3) is 5.69 Å². The Morgan fingerprint density at radius 2 is 1.56 bits per heavy atom. The molecular formula is C19H12ClNO4. The Morgan fingerprint density at radius 3 is 2.16 bits per heavy atom. The van der Waals surface area contributed by atoms with E-state index in [1.54, 1.807) is 12.1 Å². The molecule has 0 N–H and O–H groups in total. The van der Waals surface area contributed by atoms with Gasteiger partial charge >= 0.3 is 5.97 Å². The summed E-state index contributed by atoms with van der Waals surface area (Å²) >= 11 is 5.93. The third kappa shape index (κ3) is 3.84. The van der Waals surface area contributed by atoms with Crippen LogP contribution in [0.15, 0.2) is 72.8 Å². The first-order chi connectivity index (χ1) is 12.0. The summed E-state index contributed by atoms with van der Waals surface area (Å²) in [5.74, 6) is -0.313. The van der Waals surface area contributed by atoms with E-state index in [9.17, 15) is 14.9 Å². The molecule has 0 aromatic heterocycles. The molecular weight excluding hydrogens is 342 g/mol. The lowest BCUT2D eigenvalue weighted by molar-refractivity contribution is -0.384. The molecule has 0 unspecified atom stereocenters. The molecule has 5 nitrogen and oxygen atoms in total. The third-order valence-corrected chi connectivity index (χ3v) is 3.87. The predicted molar refractivity (Wildman–Crippen MR) is 94.9 cm³/mol. The van der Waals surface area contributed by atoms with Crippen LogP contribution in [0.25, 0.3) is 11.1 Å². The zero-order valence-electron chi connectivity index (χ0n) is 12.9. The number of hydrogen-bond donors (Lipinski definition) is 0. The second-order valence-electron chi connectivity index (χ2n) is 5.20. The molecule has 3 aromatic rings. The number of nitro groups is 1. The molecule has 3 aromatic carbocycles. The molecule has 0 saturated heterocycles. The number of carbonyl (C=O) groups excluding carboxylic acids is 1. The first-order valence-corrected chi connectivity index (χ1v) is 7.74. The number of rotatable bonds is 4. The van der Waals surface area contributed by atoms with Gasteiger partial charge in [-0.05, 0) is 29.3 Å². The Bertz CT molecular complexity index is 924. The average Bonchev–Trinajstić information content (AvgIpc) is 2.62. The number of nitrogens with zero attached hydrogens (tertiary/aromatic N) is 1. The van der Waals surface area contributed by atoms with Gasteiger partial charge in [-0.3, -0.25) is 10.1 Å². The minimum atomic E-state index is -0.674. The van der Waals surface area contributed by atoms with Crippen LogP contribution in [-0.2, 0) is 0 Å². The quantitative estimate of drug-likeness (QED) is 0.282. The molecule has 0 amide bonds. The Morgan fingerprint density at radius 1 is 0.920 bits per heavy atom. The summed E-state index contributed by atoms with van der Waals surface area (Å²) < 4.78 is 5.28. The molecule has 0 aliphatic heterocycles. The highest BCUT2D eigenvalue weighted by Crippen LogP contribution is 2.25. The summed E-state index contributed by atoms with van der Waals surface area (Å²) in [6.07, 6.45) is 0. The van der Waals surface area contributed by atoms with Gasteiger partial charge in [0.1, 0.15) is 5.75 Å². The minimum Gasteiger partial charge on any atom is -0.423 e. The molecule has 0 spiro atoms. The van der Waals surface area contributed by atoms with Crippen LogP contribution >= 0.6 is 11.6 Å². The molecule has 0 radical (unpaired) electrons. The number of benzene rings is 3. The number of nitro benzene ring substituents is 1. The van der Waals surface area contributed by atoms with Gasteiger partial charge in [-0.2, -0.15) is 0 Å². The van der Waals surface area contributed by atoms with E-state index >= 15 is 0 Å². The number of esters is 1. The van der Waals surface area contributed by atoms with E-state index in [1.807, 2.05) is 42.5 Å². The molecule has 0 saturated carbocycles. The van der Waals surface area contributed by atoms with Crippen molar-refractivity contribution in [3.63, 3.8) is 0 Å². The van der Waals surface area contributed by atoms with E-state index in [0.29, 0.717) is 5.75 Å². The summed E-state index contributed by atoms with van der Waals surface area (Å²) in [6, 6.07) is 20.4. The Labute approximate surface area is 148 Å². The van der Waals surface area contributed by atoms with E-state index in [4.69, 9.17) is 16.3 Å². The fourth-order valence-corrected chi connectivity index (χ4v) is 2.54. The fourth-order valence-electron chi connectivity index (χ4n) is 2.29. The van der Waals surface area contributed by atoms with Crippen LogP contribution in [0.2, 0.25) is 5.02 Å². The second kappa shape index (κ2) is 7.15. The molecule has 3 rings (SSSR count). The average molecular weight is 354 g/mol. The second-order valence-corrected chi connectivity index (χ2v) is 5.61. The SMILES string of the molecule is O=C(Oc1ccc(-c2ccccc2)cc1)c1ccc([N+](=O)[O-])cc1Cl. The highest BCUT2D eigenvalue weighted by Gasteiger charge is 2.16. The zero-order chi connectivity index (χ0) is 17.8. The molecule has 124 valence electrons. The summed E-state index contributed by atoms with van der Waals surface area (Å²) in [5, 5.41) is 10.7. The molecule has 6 heteroatoms. The van der Waals surface area contributed by atoms with Crippen molar-refractivity contribution >= 4 is 23.3 Å². The highest BCUT2D eigenvalue weighted by atomic mass is 35.5. The van der Waals surface area contributed by atoms with Crippen molar-refractivity contribution in [2.75, 3.05) is 0 Å². The largest absolute Gasteiger partial charge is 0.423 e. The van der Waals surface area contributed by atoms with Crippen molar-refractivity contribution in [3.05, 3.63) is 93.5 Å². The maximum Gasteiger partial charge on any atom is 0.345 e. The van der Waals surface area contributed by atoms with Crippen LogP contribution in [-0.4, -0.2) is 10.9 Å². The molecule has 0 atom stereocenters. The van der Waals surface area contributed by atoms with Gasteiger partial charge in [-0.15, -0.1) is 0 Å². The van der Waals surface area contributed by atoms with Crippen molar-refractivity contribution < 1.29 is 14.5 Å². The van der Waals surface area contributed by atoms with Crippen LogP contribution in [0.3, 0.4) is 0 Å². The lowest BCUT2D eigenvalue weighted by Crippen LogP contribution is -2.09. The maximum absolute atomic E-state index is 12.2. The summed E-state index contributed by atoms with van der Waals surface area (Å²) in [5.41, 5.74) is 1.93. The van der Waals surface area contributed by atoms with E-state index in [1.165, 1.54) is 12.1 Å². The number of carbonyl (C=O) groups is 1. The van der Waals surface area contributed by atoms with Gasteiger partial charge in [0.15, 0.2) is 0 Å². The van der Waals surface area contributed by atoms with Crippen molar-refractivity contribution in [3.8, 4) is 16.9 Å². The summed E-state index contributed by atoms with van der Waals surface area (Å²) in [4.78, 5) is 22.3.